The van der Waals surface area contributed by atoms with Crippen LogP contribution in [0.1, 0.15) is 32.6 Å². The predicted molar refractivity (Wildman–Crippen MR) is 73.3 cm³/mol. The molecule has 6 heteroatoms. The second kappa shape index (κ2) is 5.47. The lowest BCUT2D eigenvalue weighted by atomic mass is 10.0. The molecule has 0 spiro atoms. The molecule has 2 heterocycles. The summed E-state index contributed by atoms with van der Waals surface area (Å²) in [5, 5.41) is -0.307. The zero-order valence-electron chi connectivity index (χ0n) is 11.0. The smallest absolute Gasteiger partial charge is 0.191 e. The number of aliphatic imine (C=N–C) groups is 1. The normalized spacial score (nSPS) is 32.7. The molecule has 0 aromatic heterocycles. The summed E-state index contributed by atoms with van der Waals surface area (Å²) in [7, 11) is -2.91. The van der Waals surface area contributed by atoms with Gasteiger partial charge in [-0.05, 0) is 31.6 Å². The third-order valence-electron chi connectivity index (χ3n) is 3.90. The molecule has 2 aliphatic heterocycles. The molecule has 0 saturated carbocycles. The molecule has 0 bridgehead atoms. The van der Waals surface area contributed by atoms with Crippen molar-refractivity contribution < 1.29 is 8.42 Å². The van der Waals surface area contributed by atoms with E-state index in [-0.39, 0.29) is 5.25 Å². The second-order valence-electron chi connectivity index (χ2n) is 5.52. The first kappa shape index (κ1) is 13.6. The van der Waals surface area contributed by atoms with Crippen molar-refractivity contribution in [3.8, 4) is 0 Å². The van der Waals surface area contributed by atoms with E-state index >= 15 is 0 Å². The minimum atomic E-state index is -2.91. The Labute approximate surface area is 109 Å². The Hall–Kier alpha value is -0.780. The van der Waals surface area contributed by atoms with Crippen LogP contribution in [0.2, 0.25) is 0 Å². The Morgan fingerprint density at radius 2 is 2.17 bits per heavy atom. The summed E-state index contributed by atoms with van der Waals surface area (Å²) in [5.74, 6) is 1.47. The zero-order valence-corrected chi connectivity index (χ0v) is 11.8. The van der Waals surface area contributed by atoms with Crippen molar-refractivity contribution in [2.24, 2.45) is 16.6 Å². The fourth-order valence-corrected chi connectivity index (χ4v) is 4.49. The number of nitrogens with zero attached hydrogens (tertiary/aromatic N) is 2. The molecule has 0 aliphatic carbocycles. The first-order valence-electron chi connectivity index (χ1n) is 6.75. The number of nitrogens with two attached hydrogens (primary N) is 1. The number of piperidine rings is 1. The Balaban J connectivity index is 1.92. The Morgan fingerprint density at radius 3 is 2.78 bits per heavy atom. The molecule has 0 radical (unpaired) electrons. The van der Waals surface area contributed by atoms with Crippen LogP contribution in [0.15, 0.2) is 4.99 Å². The molecule has 18 heavy (non-hydrogen) atoms. The Bertz CT molecular complexity index is 419. The van der Waals surface area contributed by atoms with Crippen molar-refractivity contribution in [2.75, 3.05) is 25.4 Å². The highest BCUT2D eigenvalue weighted by Gasteiger charge is 2.31. The summed E-state index contributed by atoms with van der Waals surface area (Å²) in [5.41, 5.74) is 5.96. The van der Waals surface area contributed by atoms with E-state index in [0.717, 1.165) is 32.4 Å². The standard InChI is InChI=1S/C12H23N3O2S/c1-10-4-2-6-15(9-10)12(13)14-8-11-5-3-7-18(11,16)17/h10-11H,2-9H2,1H3,(H2,13,14)/t10-,11-/m1/s1. The highest BCUT2D eigenvalue weighted by Crippen LogP contribution is 2.20. The van der Waals surface area contributed by atoms with E-state index in [2.05, 4.69) is 16.8 Å². The number of sulfone groups is 1. The van der Waals surface area contributed by atoms with Crippen LogP contribution in [0.4, 0.5) is 0 Å². The third-order valence-corrected chi connectivity index (χ3v) is 6.16. The quantitative estimate of drug-likeness (QED) is 0.591. The van der Waals surface area contributed by atoms with Gasteiger partial charge in [-0.15, -0.1) is 0 Å². The first-order chi connectivity index (χ1) is 8.49. The summed E-state index contributed by atoms with van der Waals surface area (Å²) in [6.07, 6.45) is 3.87. The lowest BCUT2D eigenvalue weighted by molar-refractivity contribution is 0.270. The van der Waals surface area contributed by atoms with Crippen LogP contribution in [0.5, 0.6) is 0 Å². The SMILES string of the molecule is C[C@@H]1CCCN(C(N)=NC[C@H]2CCCS2(=O)=O)C1. The molecule has 5 nitrogen and oxygen atoms in total. The summed E-state index contributed by atoms with van der Waals surface area (Å²) in [4.78, 5) is 6.38. The van der Waals surface area contributed by atoms with Gasteiger partial charge in [0.05, 0.1) is 17.5 Å². The maximum Gasteiger partial charge on any atom is 0.191 e. The fraction of sp³-hybridized carbons (Fsp3) is 0.917. The van der Waals surface area contributed by atoms with E-state index in [1.807, 2.05) is 0 Å². The average Bonchev–Trinajstić information content (AvgIpc) is 2.65. The van der Waals surface area contributed by atoms with Gasteiger partial charge in [-0.3, -0.25) is 4.99 Å². The van der Waals surface area contributed by atoms with Crippen molar-refractivity contribution in [1.29, 1.82) is 0 Å². The van der Waals surface area contributed by atoms with Crippen molar-refractivity contribution in [3.63, 3.8) is 0 Å². The van der Waals surface area contributed by atoms with E-state index in [4.69, 9.17) is 5.73 Å². The van der Waals surface area contributed by atoms with Gasteiger partial charge in [0.15, 0.2) is 15.8 Å². The molecule has 2 atom stereocenters. The van der Waals surface area contributed by atoms with Crippen LogP contribution >= 0.6 is 0 Å². The van der Waals surface area contributed by atoms with Crippen LogP contribution in [-0.2, 0) is 9.84 Å². The van der Waals surface area contributed by atoms with Crippen molar-refractivity contribution in [3.05, 3.63) is 0 Å². The van der Waals surface area contributed by atoms with Crippen LogP contribution in [0.25, 0.3) is 0 Å². The molecule has 0 aromatic rings. The van der Waals surface area contributed by atoms with E-state index in [0.29, 0.717) is 24.2 Å². The first-order valence-corrected chi connectivity index (χ1v) is 8.47. The highest BCUT2D eigenvalue weighted by molar-refractivity contribution is 7.92. The molecule has 2 saturated heterocycles. The molecule has 0 unspecified atom stereocenters. The summed E-state index contributed by atoms with van der Waals surface area (Å²) >= 11 is 0. The van der Waals surface area contributed by atoms with Gasteiger partial charge in [0.1, 0.15) is 0 Å². The number of rotatable bonds is 2. The van der Waals surface area contributed by atoms with Crippen LogP contribution in [0.3, 0.4) is 0 Å². The summed E-state index contributed by atoms with van der Waals surface area (Å²) in [6.45, 7) is 4.42. The molecule has 2 N–H and O–H groups in total. The van der Waals surface area contributed by atoms with Gasteiger partial charge in [0.2, 0.25) is 0 Å². The minimum Gasteiger partial charge on any atom is -0.370 e. The molecule has 2 aliphatic rings. The lowest BCUT2D eigenvalue weighted by Crippen LogP contribution is -2.44. The van der Waals surface area contributed by atoms with Crippen molar-refractivity contribution in [1.82, 2.24) is 4.90 Å². The Morgan fingerprint density at radius 1 is 1.39 bits per heavy atom. The van der Waals surface area contributed by atoms with Gasteiger partial charge < -0.3 is 10.6 Å². The molecular formula is C12H23N3O2S. The maximum atomic E-state index is 11.7. The fourth-order valence-electron chi connectivity index (χ4n) is 2.76. The molecule has 2 rings (SSSR count). The van der Waals surface area contributed by atoms with E-state index in [9.17, 15) is 8.42 Å². The molecule has 0 aromatic carbocycles. The molecular weight excluding hydrogens is 250 g/mol. The number of likely N-dealkylation sites (tertiary alicyclic amines) is 1. The van der Waals surface area contributed by atoms with E-state index in [1.165, 1.54) is 6.42 Å². The van der Waals surface area contributed by atoms with Gasteiger partial charge in [-0.2, -0.15) is 0 Å². The monoisotopic (exact) mass is 273 g/mol. The van der Waals surface area contributed by atoms with Crippen molar-refractivity contribution >= 4 is 15.8 Å². The van der Waals surface area contributed by atoms with Gasteiger partial charge >= 0.3 is 0 Å². The largest absolute Gasteiger partial charge is 0.370 e. The van der Waals surface area contributed by atoms with Gasteiger partial charge in [0.25, 0.3) is 0 Å². The summed E-state index contributed by atoms with van der Waals surface area (Å²) < 4.78 is 23.4. The summed E-state index contributed by atoms with van der Waals surface area (Å²) in [6, 6.07) is 0. The lowest BCUT2D eigenvalue weighted by Gasteiger charge is -2.31. The Kier molecular flexibility index (Phi) is 4.14. The number of hydrogen-bond donors (Lipinski definition) is 1. The molecule has 2 fully saturated rings. The van der Waals surface area contributed by atoms with E-state index < -0.39 is 9.84 Å². The third kappa shape index (κ3) is 3.16. The van der Waals surface area contributed by atoms with Gasteiger partial charge in [0, 0.05) is 13.1 Å². The minimum absolute atomic E-state index is 0.307. The van der Waals surface area contributed by atoms with Crippen LogP contribution in [0, 0.1) is 5.92 Å². The van der Waals surface area contributed by atoms with Crippen LogP contribution < -0.4 is 5.73 Å². The average molecular weight is 273 g/mol. The molecule has 0 amide bonds. The van der Waals surface area contributed by atoms with Gasteiger partial charge in [-0.25, -0.2) is 8.42 Å². The number of hydrogen-bond acceptors (Lipinski definition) is 3. The van der Waals surface area contributed by atoms with Crippen LogP contribution in [-0.4, -0.2) is 49.9 Å². The zero-order chi connectivity index (χ0) is 13.2. The van der Waals surface area contributed by atoms with Gasteiger partial charge in [-0.1, -0.05) is 6.92 Å². The highest BCUT2D eigenvalue weighted by atomic mass is 32.2. The topological polar surface area (TPSA) is 75.8 Å². The molecule has 104 valence electrons. The number of guanidine groups is 1. The maximum absolute atomic E-state index is 11.7. The van der Waals surface area contributed by atoms with E-state index in [1.54, 1.807) is 0 Å². The second-order valence-corrected chi connectivity index (χ2v) is 7.92. The predicted octanol–water partition coefficient (Wildman–Crippen LogP) is 0.610. The van der Waals surface area contributed by atoms with Crippen molar-refractivity contribution in [2.45, 2.75) is 37.9 Å².